The summed E-state index contributed by atoms with van der Waals surface area (Å²) < 4.78 is 38.7. The molecule has 0 saturated carbocycles. The molecule has 2 aliphatic rings. The Labute approximate surface area is 164 Å². The van der Waals surface area contributed by atoms with Crippen molar-refractivity contribution in [1.29, 1.82) is 0 Å². The van der Waals surface area contributed by atoms with Crippen molar-refractivity contribution in [2.24, 2.45) is 16.6 Å². The molecule has 1 saturated heterocycles. The van der Waals surface area contributed by atoms with Crippen LogP contribution in [0.5, 0.6) is 0 Å². The fourth-order valence-corrected chi connectivity index (χ4v) is 3.56. The lowest BCUT2D eigenvalue weighted by atomic mass is 9.76. The maximum Gasteiger partial charge on any atom is 0.284 e. The number of anilines is 1. The van der Waals surface area contributed by atoms with Gasteiger partial charge in [0.15, 0.2) is 5.54 Å². The van der Waals surface area contributed by atoms with E-state index in [-0.39, 0.29) is 36.2 Å². The van der Waals surface area contributed by atoms with Crippen LogP contribution in [0.25, 0.3) is 0 Å². The van der Waals surface area contributed by atoms with Crippen LogP contribution >= 0.6 is 0 Å². The number of benzene rings is 1. The molecular weight excluding hydrogens is 382 g/mol. The summed E-state index contributed by atoms with van der Waals surface area (Å²) in [6, 6.07) is 6.15. The van der Waals surface area contributed by atoms with Crippen LogP contribution in [0.3, 0.4) is 0 Å². The number of fused-ring (bicyclic) bond motifs is 1. The van der Waals surface area contributed by atoms with E-state index in [2.05, 4.69) is 21.2 Å². The number of rotatable bonds is 3. The molecule has 1 fully saturated rings. The Bertz CT molecular complexity index is 1040. The van der Waals surface area contributed by atoms with E-state index in [1.807, 2.05) is 0 Å². The molecule has 1 aromatic carbocycles. The Morgan fingerprint density at radius 3 is 2.86 bits per heavy atom. The van der Waals surface area contributed by atoms with E-state index < -0.39 is 35.1 Å². The van der Waals surface area contributed by atoms with E-state index in [0.717, 1.165) is 12.3 Å². The average molecular weight is 398 g/mol. The fraction of sp³-hybridized carbons (Fsp3) is 0.250. The van der Waals surface area contributed by atoms with Crippen LogP contribution in [0.15, 0.2) is 41.5 Å². The predicted molar refractivity (Wildman–Crippen MR) is 99.9 cm³/mol. The fourth-order valence-electron chi connectivity index (χ4n) is 3.56. The zero-order valence-corrected chi connectivity index (χ0v) is 15.1. The molecule has 0 unspecified atom stereocenters. The van der Waals surface area contributed by atoms with Crippen molar-refractivity contribution < 1.29 is 23.0 Å². The van der Waals surface area contributed by atoms with Crippen LogP contribution in [0.2, 0.25) is 0 Å². The summed E-state index contributed by atoms with van der Waals surface area (Å²) in [5.74, 6) is 0.355. The van der Waals surface area contributed by atoms with Gasteiger partial charge in [-0.2, -0.15) is 0 Å². The normalized spacial score (nSPS) is 25.3. The first-order valence-corrected chi connectivity index (χ1v) is 8.73. The number of nitrogens with two attached hydrogens (primary N) is 1. The van der Waals surface area contributed by atoms with E-state index in [4.69, 9.17) is 21.6 Å². The quantitative estimate of drug-likeness (QED) is 0.769. The topological polar surface area (TPSA) is 98.8 Å². The number of amides is 1. The third-order valence-corrected chi connectivity index (χ3v) is 4.94. The predicted octanol–water partition coefficient (Wildman–Crippen LogP) is 1.80. The summed E-state index contributed by atoms with van der Waals surface area (Å²) >= 11 is 0. The van der Waals surface area contributed by atoms with Crippen molar-refractivity contribution in [3.8, 4) is 12.3 Å². The highest BCUT2D eigenvalue weighted by Crippen LogP contribution is 2.43. The van der Waals surface area contributed by atoms with Gasteiger partial charge in [0.05, 0.1) is 25.3 Å². The maximum absolute atomic E-state index is 14.8. The van der Waals surface area contributed by atoms with E-state index in [0.29, 0.717) is 0 Å². The summed E-state index contributed by atoms with van der Waals surface area (Å²) in [6.45, 7) is 0.486. The lowest BCUT2D eigenvalue weighted by Crippen LogP contribution is -2.48. The minimum atomic E-state index is -1.44. The summed E-state index contributed by atoms with van der Waals surface area (Å²) in [5, 5.41) is 2.60. The highest BCUT2D eigenvalue weighted by molar-refractivity contribution is 6.02. The summed E-state index contributed by atoms with van der Waals surface area (Å²) in [7, 11) is 0. The first-order chi connectivity index (χ1) is 13.9. The van der Waals surface area contributed by atoms with Crippen LogP contribution in [0.1, 0.15) is 16.1 Å². The van der Waals surface area contributed by atoms with Gasteiger partial charge >= 0.3 is 0 Å². The van der Waals surface area contributed by atoms with E-state index in [1.165, 1.54) is 24.3 Å². The number of nitrogens with one attached hydrogen (secondary N) is 1. The molecule has 7 nitrogen and oxygen atoms in total. The molecule has 0 spiro atoms. The smallest absolute Gasteiger partial charge is 0.284 e. The first kappa shape index (κ1) is 18.8. The van der Waals surface area contributed by atoms with Gasteiger partial charge in [0, 0.05) is 11.3 Å². The van der Waals surface area contributed by atoms with Gasteiger partial charge in [0.2, 0.25) is 0 Å². The van der Waals surface area contributed by atoms with Crippen molar-refractivity contribution in [3.05, 3.63) is 59.4 Å². The lowest BCUT2D eigenvalue weighted by molar-refractivity contribution is 0.0940. The summed E-state index contributed by atoms with van der Waals surface area (Å²) in [6.07, 6.45) is 6.27. The van der Waals surface area contributed by atoms with Crippen molar-refractivity contribution in [3.63, 3.8) is 0 Å². The Morgan fingerprint density at radius 1 is 1.31 bits per heavy atom. The molecule has 3 atom stereocenters. The number of carbonyl (C=O) groups is 1. The molecule has 1 amide bonds. The van der Waals surface area contributed by atoms with Crippen molar-refractivity contribution >= 4 is 17.6 Å². The summed E-state index contributed by atoms with van der Waals surface area (Å²) in [5.41, 5.74) is 4.67. The van der Waals surface area contributed by atoms with Gasteiger partial charge in [0.25, 0.3) is 11.9 Å². The van der Waals surface area contributed by atoms with Gasteiger partial charge in [-0.25, -0.2) is 18.8 Å². The molecule has 2 aliphatic heterocycles. The number of pyridine rings is 1. The molecule has 29 heavy (non-hydrogen) atoms. The second-order valence-electron chi connectivity index (χ2n) is 6.67. The minimum Gasteiger partial charge on any atom is -0.459 e. The number of aliphatic imine (C=N–C) groups is 1. The van der Waals surface area contributed by atoms with E-state index in [9.17, 15) is 13.6 Å². The molecule has 9 heteroatoms. The van der Waals surface area contributed by atoms with Crippen molar-refractivity contribution in [1.82, 2.24) is 4.98 Å². The van der Waals surface area contributed by atoms with Crippen LogP contribution in [0, 0.1) is 29.9 Å². The Hall–Kier alpha value is -3.51. The first-order valence-electron chi connectivity index (χ1n) is 8.73. The molecule has 0 bridgehead atoms. The number of aromatic nitrogens is 1. The Balaban J connectivity index is 1.71. The largest absolute Gasteiger partial charge is 0.459 e. The number of nitrogens with zero attached hydrogens (tertiary/aromatic N) is 2. The molecular formula is C20H16F2N4O3. The molecule has 1 aromatic heterocycles. The van der Waals surface area contributed by atoms with Crippen molar-refractivity contribution in [2.45, 2.75) is 11.6 Å². The van der Waals surface area contributed by atoms with E-state index in [1.54, 1.807) is 0 Å². The minimum absolute atomic E-state index is 0.00141. The molecule has 0 radical (unpaired) electrons. The van der Waals surface area contributed by atoms with Gasteiger partial charge in [-0.1, -0.05) is 5.92 Å². The average Bonchev–Trinajstić information content (AvgIpc) is 3.18. The highest BCUT2D eigenvalue weighted by atomic mass is 19.1. The van der Waals surface area contributed by atoms with Crippen LogP contribution in [0.4, 0.5) is 14.5 Å². The molecule has 3 heterocycles. The molecule has 2 aromatic rings. The molecule has 3 N–H and O–H groups in total. The number of carbonyl (C=O) groups excluding carboxylic acids is 1. The molecule has 148 valence electrons. The molecule has 4 rings (SSSR count). The van der Waals surface area contributed by atoms with Crippen molar-refractivity contribution in [2.75, 3.05) is 18.5 Å². The Morgan fingerprint density at radius 2 is 2.14 bits per heavy atom. The highest BCUT2D eigenvalue weighted by Gasteiger charge is 2.52. The Kier molecular flexibility index (Phi) is 4.64. The number of amidine groups is 1. The number of hydrogen-bond donors (Lipinski definition) is 2. The molecule has 0 aliphatic carbocycles. The van der Waals surface area contributed by atoms with Gasteiger partial charge in [-0.05, 0) is 30.3 Å². The van der Waals surface area contributed by atoms with Gasteiger partial charge < -0.3 is 20.5 Å². The second kappa shape index (κ2) is 7.14. The number of hydrogen-bond acceptors (Lipinski definition) is 6. The maximum atomic E-state index is 14.8. The van der Waals surface area contributed by atoms with Crippen LogP contribution in [-0.2, 0) is 15.0 Å². The van der Waals surface area contributed by atoms with Crippen LogP contribution in [-0.4, -0.2) is 36.2 Å². The van der Waals surface area contributed by atoms with E-state index >= 15 is 0 Å². The SMILES string of the molecule is C#C[C@]1(c2cc(NC(=O)c3ccc(F)cn3)ccc2F)N=C(N)O[C@@H]2COC[C@@H]21. The monoisotopic (exact) mass is 398 g/mol. The number of ether oxygens (including phenoxy) is 2. The third kappa shape index (κ3) is 3.28. The zero-order valence-electron chi connectivity index (χ0n) is 15.1. The van der Waals surface area contributed by atoms with Gasteiger partial charge in [-0.15, -0.1) is 6.42 Å². The van der Waals surface area contributed by atoms with Gasteiger partial charge in [-0.3, -0.25) is 4.79 Å². The van der Waals surface area contributed by atoms with Crippen LogP contribution < -0.4 is 11.1 Å². The second-order valence-corrected chi connectivity index (χ2v) is 6.67. The number of terminal acetylenes is 1. The number of halogens is 2. The standard InChI is InChI=1S/C20H16F2N4O3/c1-2-20(14-9-28-10-17(14)29-19(23)26-20)13-7-12(4-5-15(13)22)25-18(27)16-6-3-11(21)8-24-16/h1,3-8,14,17H,9-10H2,(H2,23,26)(H,25,27)/t14-,17+,20+/m0/s1. The third-order valence-electron chi connectivity index (χ3n) is 4.94. The zero-order chi connectivity index (χ0) is 20.6. The summed E-state index contributed by atoms with van der Waals surface area (Å²) in [4.78, 5) is 20.3. The van der Waals surface area contributed by atoms with Gasteiger partial charge in [0.1, 0.15) is 23.4 Å². The lowest BCUT2D eigenvalue weighted by Gasteiger charge is -2.37.